The monoisotopic (exact) mass is 376 g/mol. The van der Waals surface area contributed by atoms with Crippen LogP contribution in [-0.4, -0.2) is 21.9 Å². The lowest BCUT2D eigenvalue weighted by molar-refractivity contribution is -0.384. The predicted molar refractivity (Wildman–Crippen MR) is 112 cm³/mol. The zero-order valence-electron chi connectivity index (χ0n) is 15.0. The van der Waals surface area contributed by atoms with E-state index in [2.05, 4.69) is 49.4 Å². The minimum absolute atomic E-state index is 0.0972. The number of non-ortho nitro benzene ring substituents is 1. The van der Waals surface area contributed by atoms with Crippen LogP contribution in [0.4, 0.5) is 5.69 Å². The minimum atomic E-state index is -0.327. The molecule has 5 heteroatoms. The molecule has 1 heterocycles. The molecule has 4 rings (SSSR count). The molecule has 0 N–H and O–H groups in total. The Morgan fingerprint density at radius 3 is 2.67 bits per heavy atom. The van der Waals surface area contributed by atoms with Gasteiger partial charge in [0.25, 0.3) is 5.69 Å². The number of hydrogen-bond donors (Lipinski definition) is 0. The topological polar surface area (TPSA) is 55.5 Å². The Balaban J connectivity index is 1.73. The lowest BCUT2D eigenvalue weighted by Gasteiger charge is -2.22. The van der Waals surface area contributed by atoms with Gasteiger partial charge in [-0.1, -0.05) is 66.3 Å². The lowest BCUT2D eigenvalue weighted by atomic mass is 9.99. The van der Waals surface area contributed by atoms with E-state index >= 15 is 0 Å². The number of nitro groups is 1. The summed E-state index contributed by atoms with van der Waals surface area (Å²) in [4.78, 5) is 15.9. The van der Waals surface area contributed by atoms with Gasteiger partial charge in [0.1, 0.15) is 0 Å². The van der Waals surface area contributed by atoms with E-state index in [0.717, 1.165) is 23.3 Å². The van der Waals surface area contributed by atoms with Crippen LogP contribution in [0.3, 0.4) is 0 Å². The van der Waals surface area contributed by atoms with Crippen LogP contribution in [0.1, 0.15) is 28.4 Å². The Morgan fingerprint density at radius 2 is 1.89 bits per heavy atom. The van der Waals surface area contributed by atoms with E-state index in [0.29, 0.717) is 0 Å². The van der Waals surface area contributed by atoms with Crippen LogP contribution in [0.25, 0.3) is 0 Å². The van der Waals surface area contributed by atoms with Gasteiger partial charge in [-0.15, -0.1) is 11.8 Å². The highest BCUT2D eigenvalue weighted by Gasteiger charge is 2.30. The van der Waals surface area contributed by atoms with Gasteiger partial charge in [0.2, 0.25) is 0 Å². The largest absolute Gasteiger partial charge is 0.280 e. The Hall–Kier alpha value is -2.66. The summed E-state index contributed by atoms with van der Waals surface area (Å²) in [6.45, 7) is 2.07. The van der Waals surface area contributed by atoms with Crippen LogP contribution in [0.2, 0.25) is 0 Å². The summed E-state index contributed by atoms with van der Waals surface area (Å²) < 4.78 is 0. The van der Waals surface area contributed by atoms with E-state index in [4.69, 9.17) is 4.99 Å². The number of aliphatic imine (C=N–C) groups is 1. The molecule has 4 nitrogen and oxygen atoms in total. The first-order valence-electron chi connectivity index (χ1n) is 8.99. The van der Waals surface area contributed by atoms with Gasteiger partial charge in [0.05, 0.1) is 11.0 Å². The normalized spacial score (nSPS) is 24.0. The van der Waals surface area contributed by atoms with Gasteiger partial charge in [-0.3, -0.25) is 15.1 Å². The van der Waals surface area contributed by atoms with Crippen molar-refractivity contribution in [2.75, 3.05) is 0 Å². The molecule has 1 aliphatic carbocycles. The third-order valence-corrected chi connectivity index (χ3v) is 6.42. The van der Waals surface area contributed by atoms with E-state index in [1.54, 1.807) is 18.2 Å². The van der Waals surface area contributed by atoms with E-state index < -0.39 is 0 Å². The molecule has 0 amide bonds. The average Bonchev–Trinajstić information content (AvgIpc) is 2.88. The molecule has 0 fully saturated rings. The number of nitrogens with zero attached hydrogens (tertiary/aromatic N) is 2. The van der Waals surface area contributed by atoms with Gasteiger partial charge in [-0.05, 0) is 18.1 Å². The van der Waals surface area contributed by atoms with Gasteiger partial charge < -0.3 is 0 Å². The average molecular weight is 376 g/mol. The Morgan fingerprint density at radius 1 is 1.11 bits per heavy atom. The summed E-state index contributed by atoms with van der Waals surface area (Å²) in [5, 5.41) is 11.6. The Bertz CT molecular complexity index is 947. The molecule has 0 aromatic heterocycles. The number of rotatable bonds is 3. The second kappa shape index (κ2) is 7.53. The SMILES string of the molecule is Cc1ccc(C2=N[C@@H]3C=CC=C[C@H]3S[C@H](c3cccc([N+](=O)[O-])c3)C2)cc1. The van der Waals surface area contributed by atoms with Crippen molar-refractivity contribution >= 4 is 23.2 Å². The summed E-state index contributed by atoms with van der Waals surface area (Å²) in [6, 6.07) is 15.5. The third kappa shape index (κ3) is 3.88. The molecule has 0 saturated carbocycles. The second-order valence-electron chi connectivity index (χ2n) is 6.85. The quantitative estimate of drug-likeness (QED) is 0.530. The highest BCUT2D eigenvalue weighted by atomic mass is 32.2. The van der Waals surface area contributed by atoms with Crippen molar-refractivity contribution in [1.82, 2.24) is 0 Å². The molecule has 2 aromatic rings. The van der Waals surface area contributed by atoms with E-state index in [9.17, 15) is 10.1 Å². The minimum Gasteiger partial charge on any atom is -0.280 e. The van der Waals surface area contributed by atoms with E-state index in [1.165, 1.54) is 5.56 Å². The summed E-state index contributed by atoms with van der Waals surface area (Å²) in [6.07, 6.45) is 9.18. The maximum absolute atomic E-state index is 11.2. The smallest absolute Gasteiger partial charge is 0.269 e. The van der Waals surface area contributed by atoms with Gasteiger partial charge in [-0.2, -0.15) is 0 Å². The molecule has 2 aliphatic rings. The van der Waals surface area contributed by atoms with Crippen LogP contribution in [0.15, 0.2) is 77.8 Å². The summed E-state index contributed by atoms with van der Waals surface area (Å²) in [5.74, 6) is 0. The summed E-state index contributed by atoms with van der Waals surface area (Å²) >= 11 is 1.84. The number of thioether (sulfide) groups is 1. The molecule has 0 saturated heterocycles. The molecule has 1 aliphatic heterocycles. The molecule has 136 valence electrons. The van der Waals surface area contributed by atoms with Crippen molar-refractivity contribution < 1.29 is 4.92 Å². The number of benzene rings is 2. The summed E-state index contributed by atoms with van der Waals surface area (Å²) in [5.41, 5.74) is 4.53. The molecular weight excluding hydrogens is 356 g/mol. The standard InChI is InChI=1S/C22H20N2O2S/c1-15-9-11-16(12-10-15)20-14-22(17-5-4-6-18(13-17)24(25)26)27-21-8-3-2-7-19(21)23-20/h2-13,19,21-22H,14H2,1H3/t19-,21-,22+/m1/s1. The zero-order valence-corrected chi connectivity index (χ0v) is 15.8. The molecule has 0 spiro atoms. The maximum atomic E-state index is 11.2. The fourth-order valence-electron chi connectivity index (χ4n) is 3.44. The van der Waals surface area contributed by atoms with Crippen molar-refractivity contribution in [2.24, 2.45) is 4.99 Å². The first-order valence-corrected chi connectivity index (χ1v) is 9.93. The highest BCUT2D eigenvalue weighted by molar-refractivity contribution is 8.00. The fourth-order valence-corrected chi connectivity index (χ4v) is 4.87. The van der Waals surface area contributed by atoms with E-state index in [1.807, 2.05) is 23.9 Å². The zero-order chi connectivity index (χ0) is 18.8. The van der Waals surface area contributed by atoms with Crippen molar-refractivity contribution in [3.05, 3.63) is 99.6 Å². The van der Waals surface area contributed by atoms with Crippen LogP contribution < -0.4 is 0 Å². The third-order valence-electron chi connectivity index (χ3n) is 4.90. The van der Waals surface area contributed by atoms with Crippen molar-refractivity contribution in [3.63, 3.8) is 0 Å². The number of nitro benzene ring substituents is 1. The molecule has 0 radical (unpaired) electrons. The molecule has 0 unspecified atom stereocenters. The highest BCUT2D eigenvalue weighted by Crippen LogP contribution is 2.42. The van der Waals surface area contributed by atoms with Crippen molar-refractivity contribution in [3.8, 4) is 0 Å². The molecule has 2 aromatic carbocycles. The van der Waals surface area contributed by atoms with Gasteiger partial charge >= 0.3 is 0 Å². The van der Waals surface area contributed by atoms with Gasteiger partial charge in [-0.25, -0.2) is 0 Å². The molecule has 0 bridgehead atoms. The lowest BCUT2D eigenvalue weighted by Crippen LogP contribution is -2.19. The Kier molecular flexibility index (Phi) is 4.94. The fraction of sp³-hybridized carbons (Fsp3) is 0.227. The van der Waals surface area contributed by atoms with Gasteiger partial charge in [0.15, 0.2) is 0 Å². The molecular formula is C22H20N2O2S. The maximum Gasteiger partial charge on any atom is 0.269 e. The van der Waals surface area contributed by atoms with Crippen LogP contribution in [-0.2, 0) is 0 Å². The predicted octanol–water partition coefficient (Wildman–Crippen LogP) is 5.43. The number of fused-ring (bicyclic) bond motifs is 1. The first-order chi connectivity index (χ1) is 13.1. The number of allylic oxidation sites excluding steroid dienone is 2. The van der Waals surface area contributed by atoms with Crippen molar-refractivity contribution in [1.29, 1.82) is 0 Å². The number of aryl methyl sites for hydroxylation is 1. The first kappa shape index (κ1) is 17.7. The van der Waals surface area contributed by atoms with Crippen LogP contribution in [0, 0.1) is 17.0 Å². The number of hydrogen-bond acceptors (Lipinski definition) is 4. The van der Waals surface area contributed by atoms with Gasteiger partial charge in [0, 0.05) is 34.8 Å². The molecule has 3 atom stereocenters. The van der Waals surface area contributed by atoms with Crippen LogP contribution >= 0.6 is 11.8 Å². The van der Waals surface area contributed by atoms with Crippen LogP contribution in [0.5, 0.6) is 0 Å². The second-order valence-corrected chi connectivity index (χ2v) is 8.23. The van der Waals surface area contributed by atoms with Crippen molar-refractivity contribution in [2.45, 2.75) is 29.9 Å². The summed E-state index contributed by atoms with van der Waals surface area (Å²) in [7, 11) is 0. The molecule has 27 heavy (non-hydrogen) atoms. The van der Waals surface area contributed by atoms with E-state index in [-0.39, 0.29) is 27.2 Å². The Labute approximate surface area is 162 Å².